The number of nitrogens with one attached hydrogen (secondary N) is 1. The van der Waals surface area contributed by atoms with Crippen LogP contribution < -0.4 is 10.1 Å². The maximum absolute atomic E-state index is 12.2. The van der Waals surface area contributed by atoms with Crippen molar-refractivity contribution in [2.75, 3.05) is 13.7 Å². The molecule has 3 rings (SSSR count). The fourth-order valence-electron chi connectivity index (χ4n) is 3.52. The number of nitrogens with zero attached hydrogens (tertiary/aromatic N) is 3. The van der Waals surface area contributed by atoms with Gasteiger partial charge in [-0.2, -0.15) is 0 Å². The standard InChI is InChI=1S/C24H27BrN4O4/c1-3-29-20-13-12-16(33-2)15-18(20)22(24(29)32)28-27-21(30)11-5-4-8-14-26-23(31)17-9-6-7-10-19(17)25/h6-7,9-10,12-13,15,32H,3-5,8,11,14H2,1-2H3,(H,26,31). The third kappa shape index (κ3) is 5.98. The Morgan fingerprint density at radius 1 is 1.15 bits per heavy atom. The molecule has 0 unspecified atom stereocenters. The number of aryl methyl sites for hydroxylation is 1. The third-order valence-corrected chi connectivity index (χ3v) is 5.96. The summed E-state index contributed by atoms with van der Waals surface area (Å²) in [7, 11) is 1.56. The van der Waals surface area contributed by atoms with Gasteiger partial charge in [0, 0.05) is 29.4 Å². The first kappa shape index (κ1) is 24.4. The van der Waals surface area contributed by atoms with Gasteiger partial charge in [0.25, 0.3) is 11.8 Å². The van der Waals surface area contributed by atoms with Gasteiger partial charge in [-0.25, -0.2) is 0 Å². The van der Waals surface area contributed by atoms with Crippen molar-refractivity contribution in [2.45, 2.75) is 39.2 Å². The summed E-state index contributed by atoms with van der Waals surface area (Å²) in [5.41, 5.74) is 1.65. The Kier molecular flexibility index (Phi) is 8.59. The van der Waals surface area contributed by atoms with E-state index in [9.17, 15) is 14.7 Å². The lowest BCUT2D eigenvalue weighted by atomic mass is 10.2. The van der Waals surface area contributed by atoms with E-state index in [1.165, 1.54) is 0 Å². The van der Waals surface area contributed by atoms with Gasteiger partial charge >= 0.3 is 0 Å². The van der Waals surface area contributed by atoms with Crippen molar-refractivity contribution < 1.29 is 19.4 Å². The molecule has 0 saturated carbocycles. The first-order valence-electron chi connectivity index (χ1n) is 10.8. The molecule has 8 nitrogen and oxygen atoms in total. The summed E-state index contributed by atoms with van der Waals surface area (Å²) in [6.45, 7) is 2.99. The molecular weight excluding hydrogens is 488 g/mol. The molecule has 9 heteroatoms. The number of aromatic hydroxyl groups is 1. The topological polar surface area (TPSA) is 105 Å². The zero-order chi connectivity index (χ0) is 23.8. The van der Waals surface area contributed by atoms with Gasteiger partial charge in [-0.1, -0.05) is 18.6 Å². The minimum atomic E-state index is -0.355. The number of hydrogen-bond donors (Lipinski definition) is 2. The van der Waals surface area contributed by atoms with E-state index in [1.54, 1.807) is 29.9 Å². The zero-order valence-corrected chi connectivity index (χ0v) is 20.3. The molecule has 0 atom stereocenters. The number of benzene rings is 2. The number of methoxy groups -OCH3 is 1. The number of rotatable bonds is 10. The summed E-state index contributed by atoms with van der Waals surface area (Å²) in [6, 6.07) is 12.7. The zero-order valence-electron chi connectivity index (χ0n) is 18.7. The normalized spacial score (nSPS) is 11.2. The predicted octanol–water partition coefficient (Wildman–Crippen LogP) is 5.74. The number of carbonyl (C=O) groups is 2. The minimum Gasteiger partial charge on any atom is -0.497 e. The van der Waals surface area contributed by atoms with Gasteiger partial charge in [0.2, 0.25) is 5.88 Å². The number of amides is 2. The van der Waals surface area contributed by atoms with E-state index in [1.807, 2.05) is 31.2 Å². The summed E-state index contributed by atoms with van der Waals surface area (Å²) < 4.78 is 7.72. The molecule has 0 saturated heterocycles. The van der Waals surface area contributed by atoms with Crippen LogP contribution in [0.25, 0.3) is 10.9 Å². The van der Waals surface area contributed by atoms with Crippen LogP contribution in [0.4, 0.5) is 5.69 Å². The van der Waals surface area contributed by atoms with Gasteiger partial charge in [0.15, 0.2) is 5.69 Å². The molecule has 0 radical (unpaired) electrons. The Morgan fingerprint density at radius 2 is 1.94 bits per heavy atom. The molecule has 0 spiro atoms. The lowest BCUT2D eigenvalue weighted by molar-refractivity contribution is -0.118. The van der Waals surface area contributed by atoms with Gasteiger partial charge in [-0.3, -0.25) is 9.59 Å². The molecule has 0 fully saturated rings. The second-order valence-electron chi connectivity index (χ2n) is 7.44. The average molecular weight is 515 g/mol. The Hall–Kier alpha value is -3.20. The maximum atomic E-state index is 12.2. The van der Waals surface area contributed by atoms with E-state index in [2.05, 4.69) is 31.5 Å². The molecule has 2 aromatic carbocycles. The van der Waals surface area contributed by atoms with E-state index >= 15 is 0 Å². The van der Waals surface area contributed by atoms with Crippen molar-refractivity contribution in [3.05, 3.63) is 52.5 Å². The smallest absolute Gasteiger partial charge is 0.264 e. The Morgan fingerprint density at radius 3 is 2.67 bits per heavy atom. The number of ether oxygens (including phenoxy) is 1. The van der Waals surface area contributed by atoms with E-state index in [0.717, 1.165) is 22.8 Å². The van der Waals surface area contributed by atoms with Crippen LogP contribution in [0.15, 0.2) is 57.2 Å². The van der Waals surface area contributed by atoms with Crippen LogP contribution in [-0.4, -0.2) is 35.1 Å². The monoisotopic (exact) mass is 514 g/mol. The number of unbranched alkanes of at least 4 members (excludes halogenated alkanes) is 2. The molecule has 0 aliphatic rings. The molecule has 2 amide bonds. The SMILES string of the molecule is CCn1c(O)c(N=NC(=O)CCCCCNC(=O)c2ccccc2Br)c2cc(OC)ccc21. The largest absolute Gasteiger partial charge is 0.497 e. The molecular formula is C24H27BrN4O4. The fourth-order valence-corrected chi connectivity index (χ4v) is 3.99. The molecule has 3 aromatic rings. The highest BCUT2D eigenvalue weighted by atomic mass is 79.9. The molecule has 0 aliphatic heterocycles. The maximum Gasteiger partial charge on any atom is 0.264 e. The molecule has 1 aromatic heterocycles. The van der Waals surface area contributed by atoms with Crippen LogP contribution in [-0.2, 0) is 11.3 Å². The first-order valence-corrected chi connectivity index (χ1v) is 11.6. The molecule has 2 N–H and O–H groups in total. The van der Waals surface area contributed by atoms with Crippen molar-refractivity contribution in [3.63, 3.8) is 0 Å². The van der Waals surface area contributed by atoms with Crippen LogP contribution in [0.3, 0.4) is 0 Å². The lowest BCUT2D eigenvalue weighted by Crippen LogP contribution is -2.24. The lowest BCUT2D eigenvalue weighted by Gasteiger charge is -2.06. The molecule has 0 aliphatic carbocycles. The number of fused-ring (bicyclic) bond motifs is 1. The van der Waals surface area contributed by atoms with Crippen molar-refractivity contribution >= 4 is 44.3 Å². The second-order valence-corrected chi connectivity index (χ2v) is 8.29. The Labute approximate surface area is 200 Å². The van der Waals surface area contributed by atoms with Crippen LogP contribution in [0.2, 0.25) is 0 Å². The number of halogens is 1. The van der Waals surface area contributed by atoms with E-state index in [-0.39, 0.29) is 29.8 Å². The van der Waals surface area contributed by atoms with Crippen LogP contribution in [0.5, 0.6) is 11.6 Å². The van der Waals surface area contributed by atoms with Crippen LogP contribution in [0, 0.1) is 0 Å². The van der Waals surface area contributed by atoms with Crippen molar-refractivity contribution in [2.24, 2.45) is 10.2 Å². The highest BCUT2D eigenvalue weighted by Crippen LogP contribution is 2.40. The summed E-state index contributed by atoms with van der Waals surface area (Å²) >= 11 is 3.37. The summed E-state index contributed by atoms with van der Waals surface area (Å²) in [4.78, 5) is 24.3. The third-order valence-electron chi connectivity index (χ3n) is 5.27. The predicted molar refractivity (Wildman–Crippen MR) is 130 cm³/mol. The highest BCUT2D eigenvalue weighted by Gasteiger charge is 2.17. The molecule has 174 valence electrons. The minimum absolute atomic E-state index is 0.0295. The Bertz CT molecular complexity index is 1170. The van der Waals surface area contributed by atoms with E-state index < -0.39 is 0 Å². The highest BCUT2D eigenvalue weighted by molar-refractivity contribution is 9.10. The van der Waals surface area contributed by atoms with E-state index in [0.29, 0.717) is 36.2 Å². The van der Waals surface area contributed by atoms with Crippen LogP contribution in [0.1, 0.15) is 43.0 Å². The van der Waals surface area contributed by atoms with Gasteiger partial charge in [-0.15, -0.1) is 10.2 Å². The molecule has 0 bridgehead atoms. The first-order chi connectivity index (χ1) is 16.0. The molecule has 1 heterocycles. The summed E-state index contributed by atoms with van der Waals surface area (Å²) in [6.07, 6.45) is 2.41. The Balaban J connectivity index is 1.49. The van der Waals surface area contributed by atoms with Gasteiger partial charge < -0.3 is 19.7 Å². The number of aromatic nitrogens is 1. The van der Waals surface area contributed by atoms with Crippen molar-refractivity contribution in [1.29, 1.82) is 0 Å². The van der Waals surface area contributed by atoms with Gasteiger partial charge in [0.05, 0.1) is 18.2 Å². The number of hydrogen-bond acceptors (Lipinski definition) is 5. The number of azo groups is 1. The summed E-state index contributed by atoms with van der Waals surface area (Å²) in [5, 5.41) is 21.9. The average Bonchev–Trinajstić information content (AvgIpc) is 3.09. The second kappa shape index (κ2) is 11.6. The van der Waals surface area contributed by atoms with Crippen molar-refractivity contribution in [3.8, 4) is 11.6 Å². The number of carbonyl (C=O) groups excluding carboxylic acids is 2. The van der Waals surface area contributed by atoms with Gasteiger partial charge in [-0.05, 0) is 66.0 Å². The van der Waals surface area contributed by atoms with E-state index in [4.69, 9.17) is 4.74 Å². The summed E-state index contributed by atoms with van der Waals surface area (Å²) in [5.74, 6) is 0.116. The fraction of sp³-hybridized carbons (Fsp3) is 0.333. The van der Waals surface area contributed by atoms with Crippen molar-refractivity contribution in [1.82, 2.24) is 9.88 Å². The quantitative estimate of drug-likeness (QED) is 0.265. The van der Waals surface area contributed by atoms with Crippen LogP contribution >= 0.6 is 15.9 Å². The molecule has 33 heavy (non-hydrogen) atoms. The van der Waals surface area contributed by atoms with Gasteiger partial charge in [0.1, 0.15) is 5.75 Å².